The van der Waals surface area contributed by atoms with Crippen molar-refractivity contribution < 1.29 is 22.8 Å². The Morgan fingerprint density at radius 3 is 2.96 bits per heavy atom. The number of aromatic nitrogens is 2. The third-order valence-corrected chi connectivity index (χ3v) is 6.06. The SMILES string of the molecule is COc1ccc(C(=O)N2CCC[C@@H](c3cc(C(F)F)c4c(C)noc4n3)C2)s1. The van der Waals surface area contributed by atoms with Gasteiger partial charge in [0.05, 0.1) is 23.1 Å². The molecule has 3 aromatic rings. The first kappa shape index (κ1) is 18.8. The van der Waals surface area contributed by atoms with E-state index in [1.807, 2.05) is 0 Å². The van der Waals surface area contributed by atoms with Gasteiger partial charge in [-0.3, -0.25) is 4.79 Å². The number of likely N-dealkylation sites (tertiary alicyclic amines) is 1. The minimum atomic E-state index is -2.65. The molecular weight excluding hydrogens is 388 g/mol. The van der Waals surface area contributed by atoms with Crippen molar-refractivity contribution in [1.82, 2.24) is 15.0 Å². The Hall–Kier alpha value is -2.55. The molecule has 1 saturated heterocycles. The number of carbonyl (C=O) groups excluding carboxylic acids is 1. The summed E-state index contributed by atoms with van der Waals surface area (Å²) in [6, 6.07) is 4.94. The number of hydrogen-bond acceptors (Lipinski definition) is 6. The minimum Gasteiger partial charge on any atom is -0.487 e. The second-order valence-corrected chi connectivity index (χ2v) is 7.84. The van der Waals surface area contributed by atoms with Crippen molar-refractivity contribution in [2.45, 2.75) is 32.1 Å². The largest absolute Gasteiger partial charge is 0.487 e. The van der Waals surface area contributed by atoms with E-state index < -0.39 is 6.43 Å². The van der Waals surface area contributed by atoms with Crippen molar-refractivity contribution in [3.05, 3.63) is 40.0 Å². The van der Waals surface area contributed by atoms with Gasteiger partial charge in [-0.2, -0.15) is 0 Å². The average Bonchev–Trinajstić information content (AvgIpc) is 3.34. The molecule has 1 fully saturated rings. The molecule has 28 heavy (non-hydrogen) atoms. The molecule has 0 bridgehead atoms. The maximum Gasteiger partial charge on any atom is 0.264 e. The Labute approximate surface area is 164 Å². The molecule has 148 valence electrons. The van der Waals surface area contributed by atoms with Gasteiger partial charge >= 0.3 is 0 Å². The fourth-order valence-corrected chi connectivity index (χ4v) is 4.42. The summed E-state index contributed by atoms with van der Waals surface area (Å²) in [4.78, 5) is 19.6. The smallest absolute Gasteiger partial charge is 0.264 e. The van der Waals surface area contributed by atoms with E-state index in [2.05, 4.69) is 10.1 Å². The van der Waals surface area contributed by atoms with Crippen LogP contribution < -0.4 is 4.74 Å². The zero-order valence-corrected chi connectivity index (χ0v) is 16.3. The topological polar surface area (TPSA) is 68.5 Å². The molecule has 0 aliphatic carbocycles. The van der Waals surface area contributed by atoms with Crippen LogP contribution in [-0.2, 0) is 0 Å². The van der Waals surface area contributed by atoms with Crippen LogP contribution >= 0.6 is 11.3 Å². The van der Waals surface area contributed by atoms with Crippen LogP contribution in [0.4, 0.5) is 8.78 Å². The highest BCUT2D eigenvalue weighted by Gasteiger charge is 2.29. The fourth-order valence-electron chi connectivity index (χ4n) is 3.63. The minimum absolute atomic E-state index is 0.0799. The standard InChI is InChI=1S/C19H19F2N3O3S/c1-10-16-12(17(20)21)8-13(22-18(16)27-23-10)11-4-3-7-24(9-11)19(25)14-5-6-15(26-2)28-14/h5-6,8,11,17H,3-4,7,9H2,1-2H3/t11-/m1/s1. The molecule has 6 nitrogen and oxygen atoms in total. The van der Waals surface area contributed by atoms with Crippen LogP contribution in [0.15, 0.2) is 22.7 Å². The van der Waals surface area contributed by atoms with Crippen molar-refractivity contribution in [2.24, 2.45) is 0 Å². The maximum atomic E-state index is 13.6. The van der Waals surface area contributed by atoms with Crippen molar-refractivity contribution in [3.8, 4) is 5.06 Å². The van der Waals surface area contributed by atoms with E-state index in [9.17, 15) is 13.6 Å². The van der Waals surface area contributed by atoms with Gasteiger partial charge in [0.1, 0.15) is 0 Å². The van der Waals surface area contributed by atoms with Crippen LogP contribution in [0.25, 0.3) is 11.1 Å². The lowest BCUT2D eigenvalue weighted by atomic mass is 9.92. The second-order valence-electron chi connectivity index (χ2n) is 6.80. The lowest BCUT2D eigenvalue weighted by molar-refractivity contribution is 0.0710. The van der Waals surface area contributed by atoms with Gasteiger partial charge in [-0.15, -0.1) is 0 Å². The van der Waals surface area contributed by atoms with Crippen LogP contribution in [0.5, 0.6) is 5.06 Å². The summed E-state index contributed by atoms with van der Waals surface area (Å²) < 4.78 is 37.5. The van der Waals surface area contributed by atoms with Gasteiger partial charge in [-0.05, 0) is 38.0 Å². The van der Waals surface area contributed by atoms with Crippen LogP contribution in [0.2, 0.25) is 0 Å². The Morgan fingerprint density at radius 2 is 2.25 bits per heavy atom. The Balaban J connectivity index is 1.61. The lowest BCUT2D eigenvalue weighted by Gasteiger charge is -2.32. The number of aryl methyl sites for hydroxylation is 1. The summed E-state index contributed by atoms with van der Waals surface area (Å²) in [7, 11) is 1.56. The number of piperidine rings is 1. The fraction of sp³-hybridized carbons (Fsp3) is 0.421. The number of halogens is 2. The molecule has 3 aromatic heterocycles. The third kappa shape index (κ3) is 3.34. The molecule has 1 atom stereocenters. The Morgan fingerprint density at radius 1 is 1.43 bits per heavy atom. The first-order chi connectivity index (χ1) is 13.5. The molecule has 1 amide bonds. The van der Waals surface area contributed by atoms with Crippen LogP contribution in [0.1, 0.15) is 51.8 Å². The number of pyridine rings is 1. The highest BCUT2D eigenvalue weighted by molar-refractivity contribution is 7.15. The summed E-state index contributed by atoms with van der Waals surface area (Å²) in [6.07, 6.45) is -1.11. The molecule has 1 aliphatic heterocycles. The van der Waals surface area contributed by atoms with E-state index >= 15 is 0 Å². The number of carbonyl (C=O) groups is 1. The van der Waals surface area contributed by atoms with E-state index in [1.165, 1.54) is 17.4 Å². The molecule has 4 rings (SSSR count). The van der Waals surface area contributed by atoms with Crippen LogP contribution in [-0.4, -0.2) is 41.1 Å². The number of thiophene rings is 1. The molecule has 0 aromatic carbocycles. The number of alkyl halides is 2. The van der Waals surface area contributed by atoms with E-state index in [1.54, 1.807) is 31.1 Å². The molecule has 0 N–H and O–H groups in total. The molecule has 1 aliphatic rings. The summed E-state index contributed by atoms with van der Waals surface area (Å²) in [6.45, 7) is 2.67. The molecule has 4 heterocycles. The number of amides is 1. The van der Waals surface area contributed by atoms with E-state index in [0.717, 1.165) is 12.8 Å². The molecule has 0 spiro atoms. The maximum absolute atomic E-state index is 13.6. The molecule has 0 unspecified atom stereocenters. The number of nitrogens with zero attached hydrogens (tertiary/aromatic N) is 3. The zero-order valence-electron chi connectivity index (χ0n) is 15.4. The highest BCUT2D eigenvalue weighted by Crippen LogP contribution is 2.35. The summed E-state index contributed by atoms with van der Waals surface area (Å²) in [5.74, 6) is -0.212. The van der Waals surface area contributed by atoms with Gasteiger partial charge in [0, 0.05) is 30.3 Å². The molecule has 9 heteroatoms. The first-order valence-electron chi connectivity index (χ1n) is 8.96. The van der Waals surface area contributed by atoms with Gasteiger partial charge < -0.3 is 14.2 Å². The predicted molar refractivity (Wildman–Crippen MR) is 100 cm³/mol. The Kier molecular flexibility index (Phi) is 5.01. The van der Waals surface area contributed by atoms with Crippen molar-refractivity contribution in [3.63, 3.8) is 0 Å². The van der Waals surface area contributed by atoms with Gasteiger partial charge in [-0.25, -0.2) is 13.8 Å². The molecular formula is C19H19F2N3O3S. The van der Waals surface area contributed by atoms with Crippen LogP contribution in [0.3, 0.4) is 0 Å². The van der Waals surface area contributed by atoms with Gasteiger partial charge in [0.15, 0.2) is 5.06 Å². The lowest BCUT2D eigenvalue weighted by Crippen LogP contribution is -2.39. The average molecular weight is 407 g/mol. The summed E-state index contributed by atoms with van der Waals surface area (Å²) in [5, 5.41) is 4.72. The van der Waals surface area contributed by atoms with E-state index in [-0.39, 0.29) is 28.5 Å². The predicted octanol–water partition coefficient (Wildman–Crippen LogP) is 4.56. The quantitative estimate of drug-likeness (QED) is 0.634. The third-order valence-electron chi connectivity index (χ3n) is 5.02. The Bertz CT molecular complexity index is 1020. The van der Waals surface area contributed by atoms with E-state index in [4.69, 9.17) is 9.26 Å². The van der Waals surface area contributed by atoms with Gasteiger partial charge in [0.25, 0.3) is 18.0 Å². The number of rotatable bonds is 4. The highest BCUT2D eigenvalue weighted by atomic mass is 32.1. The summed E-state index contributed by atoms with van der Waals surface area (Å²) >= 11 is 1.29. The number of fused-ring (bicyclic) bond motifs is 1. The number of methoxy groups -OCH3 is 1. The zero-order chi connectivity index (χ0) is 19.8. The van der Waals surface area contributed by atoms with Crippen molar-refractivity contribution >= 4 is 28.3 Å². The van der Waals surface area contributed by atoms with Crippen molar-refractivity contribution in [2.75, 3.05) is 20.2 Å². The van der Waals surface area contributed by atoms with E-state index in [0.29, 0.717) is 34.4 Å². The van der Waals surface area contributed by atoms with Crippen molar-refractivity contribution in [1.29, 1.82) is 0 Å². The van der Waals surface area contributed by atoms with Gasteiger partial charge in [-0.1, -0.05) is 16.5 Å². The molecule has 0 saturated carbocycles. The van der Waals surface area contributed by atoms with Gasteiger partial charge in [0.2, 0.25) is 0 Å². The number of ether oxygens (including phenoxy) is 1. The van der Waals surface area contributed by atoms with Crippen LogP contribution in [0, 0.1) is 6.92 Å². The first-order valence-corrected chi connectivity index (χ1v) is 9.77. The number of hydrogen-bond donors (Lipinski definition) is 0. The second kappa shape index (κ2) is 7.46. The summed E-state index contributed by atoms with van der Waals surface area (Å²) in [5.41, 5.74) is 0.915. The molecule has 0 radical (unpaired) electrons. The normalized spacial score (nSPS) is 17.5. The monoisotopic (exact) mass is 407 g/mol.